The largest absolute Gasteiger partial charge is 0.320 e. The summed E-state index contributed by atoms with van der Waals surface area (Å²) in [6, 6.07) is 0. The Kier molecular flexibility index (Phi) is 2.48. The molecule has 0 radical (unpaired) electrons. The van der Waals surface area contributed by atoms with E-state index in [4.69, 9.17) is 0 Å². The quantitative estimate of drug-likeness (QED) is 0.564. The molecule has 0 amide bonds. The van der Waals surface area contributed by atoms with Gasteiger partial charge in [-0.15, -0.1) is 0 Å². The zero-order valence-corrected chi connectivity index (χ0v) is 9.94. The van der Waals surface area contributed by atoms with Crippen LogP contribution in [-0.4, -0.2) is 15.7 Å². The van der Waals surface area contributed by atoms with Crippen molar-refractivity contribution in [3.05, 3.63) is 32.3 Å². The molecule has 82 valence electrons. The summed E-state index contributed by atoms with van der Waals surface area (Å²) in [6.45, 7) is 0. The Morgan fingerprint density at radius 1 is 1.31 bits per heavy atom. The molecule has 0 aliphatic carbocycles. The molecule has 0 aromatic carbocycles. The topological polar surface area (TPSA) is 59.9 Å². The molecule has 1 unspecified atom stereocenters. The van der Waals surface area contributed by atoms with Crippen LogP contribution < -0.4 is 11.0 Å². The normalized spacial score (nSPS) is 21.6. The van der Waals surface area contributed by atoms with Crippen LogP contribution in [0.1, 0.15) is 23.7 Å². The molecule has 4 nitrogen and oxygen atoms in total. The Morgan fingerprint density at radius 3 is 2.94 bits per heavy atom. The molecule has 6 heteroatoms. The van der Waals surface area contributed by atoms with Gasteiger partial charge in [-0.3, -0.25) is 9.59 Å². The lowest BCUT2D eigenvalue weighted by Gasteiger charge is -2.19. The van der Waals surface area contributed by atoms with E-state index in [2.05, 4.69) is 9.97 Å². The maximum atomic E-state index is 11.4. The Labute approximate surface area is 99.3 Å². The predicted octanol–water partition coefficient (Wildman–Crippen LogP) is 1.39. The van der Waals surface area contributed by atoms with Crippen LogP contribution in [-0.2, 0) is 0 Å². The first-order valence-corrected chi connectivity index (χ1v) is 7.40. The SMILES string of the molecule is O=c1nc2c(C3CCCSS3)cnc-2c1=O. The molecule has 0 bridgehead atoms. The molecule has 3 aliphatic heterocycles. The van der Waals surface area contributed by atoms with Gasteiger partial charge in [0.25, 0.3) is 5.43 Å². The third kappa shape index (κ3) is 1.48. The number of rotatable bonds is 1. The van der Waals surface area contributed by atoms with Gasteiger partial charge in [-0.05, 0) is 12.8 Å². The Morgan fingerprint density at radius 2 is 2.19 bits per heavy atom. The first kappa shape index (κ1) is 10.3. The highest BCUT2D eigenvalue weighted by Crippen LogP contribution is 2.47. The minimum Gasteiger partial charge on any atom is -0.281 e. The van der Waals surface area contributed by atoms with Gasteiger partial charge in [-0.25, -0.2) is 9.97 Å². The number of aromatic nitrogens is 2. The fraction of sp³-hybridized carbons (Fsp3) is 0.400. The van der Waals surface area contributed by atoms with E-state index in [0.717, 1.165) is 24.2 Å². The Bertz CT molecular complexity index is 571. The van der Waals surface area contributed by atoms with Gasteiger partial charge in [0, 0.05) is 22.8 Å². The van der Waals surface area contributed by atoms with E-state index >= 15 is 0 Å². The fourth-order valence-electron chi connectivity index (χ4n) is 1.88. The Hall–Kier alpha value is -0.880. The lowest BCUT2D eigenvalue weighted by Crippen LogP contribution is -2.19. The summed E-state index contributed by atoms with van der Waals surface area (Å²) in [5.74, 6) is 1.16. The first-order chi connectivity index (χ1) is 7.77. The highest BCUT2D eigenvalue weighted by atomic mass is 33.1. The molecule has 3 heterocycles. The molecule has 0 aromatic heterocycles. The summed E-state index contributed by atoms with van der Waals surface area (Å²) in [7, 11) is 3.61. The van der Waals surface area contributed by atoms with Crippen LogP contribution in [0.5, 0.6) is 0 Å². The second-order valence-corrected chi connectivity index (χ2v) is 6.40. The van der Waals surface area contributed by atoms with Crippen molar-refractivity contribution < 1.29 is 0 Å². The van der Waals surface area contributed by atoms with Crippen molar-refractivity contribution in [2.24, 2.45) is 0 Å². The van der Waals surface area contributed by atoms with E-state index in [0.29, 0.717) is 10.9 Å². The molecule has 1 fully saturated rings. The van der Waals surface area contributed by atoms with Gasteiger partial charge >= 0.3 is 5.56 Å². The van der Waals surface area contributed by atoms with Crippen LogP contribution in [0.3, 0.4) is 0 Å². The summed E-state index contributed by atoms with van der Waals surface area (Å²) in [4.78, 5) is 30.3. The molecular formula is C10H8N2O2S2. The third-order valence-electron chi connectivity index (χ3n) is 2.68. The van der Waals surface area contributed by atoms with E-state index < -0.39 is 11.0 Å². The Balaban J connectivity index is 2.06. The standard InChI is InChI=1S/C10H8N2O2S2/c13-9-8-7(12-10(9)14)5(4-11-8)6-2-1-3-15-16-6/h4,6H,1-3H2. The molecule has 3 rings (SSSR count). The van der Waals surface area contributed by atoms with Gasteiger partial charge in [0.15, 0.2) is 0 Å². The van der Waals surface area contributed by atoms with E-state index in [1.165, 1.54) is 0 Å². The molecule has 0 N–H and O–H groups in total. The van der Waals surface area contributed by atoms with Crippen molar-refractivity contribution in [2.45, 2.75) is 18.1 Å². The van der Waals surface area contributed by atoms with Crippen molar-refractivity contribution in [1.29, 1.82) is 0 Å². The zero-order valence-electron chi connectivity index (χ0n) is 8.30. The molecular weight excluding hydrogens is 244 g/mol. The van der Waals surface area contributed by atoms with Gasteiger partial charge in [-0.1, -0.05) is 21.6 Å². The maximum absolute atomic E-state index is 11.4. The fourth-order valence-corrected chi connectivity index (χ4v) is 4.70. The van der Waals surface area contributed by atoms with Crippen LogP contribution in [0.2, 0.25) is 0 Å². The van der Waals surface area contributed by atoms with Crippen molar-refractivity contribution in [3.63, 3.8) is 0 Å². The molecule has 1 saturated heterocycles. The minimum atomic E-state index is -0.673. The van der Waals surface area contributed by atoms with E-state index in [-0.39, 0.29) is 5.69 Å². The third-order valence-corrected chi connectivity index (χ3v) is 5.60. The summed E-state index contributed by atoms with van der Waals surface area (Å²) in [6.07, 6.45) is 3.92. The van der Waals surface area contributed by atoms with E-state index in [9.17, 15) is 9.59 Å². The summed E-state index contributed by atoms with van der Waals surface area (Å²) >= 11 is 0. The molecule has 0 saturated carbocycles. The number of fused-ring (bicyclic) bond motifs is 1. The number of hydrogen-bond acceptors (Lipinski definition) is 6. The van der Waals surface area contributed by atoms with E-state index in [1.54, 1.807) is 17.0 Å². The second-order valence-electron chi connectivity index (χ2n) is 3.71. The highest BCUT2D eigenvalue weighted by molar-refractivity contribution is 8.76. The molecule has 16 heavy (non-hydrogen) atoms. The lowest BCUT2D eigenvalue weighted by atomic mass is 10.1. The van der Waals surface area contributed by atoms with Crippen molar-refractivity contribution in [3.8, 4) is 11.4 Å². The summed E-state index contributed by atoms with van der Waals surface area (Å²) < 4.78 is 0. The first-order valence-electron chi connectivity index (χ1n) is 5.01. The number of hydrogen-bond donors (Lipinski definition) is 0. The zero-order chi connectivity index (χ0) is 11.1. The molecule has 1 atom stereocenters. The van der Waals surface area contributed by atoms with Gasteiger partial charge < -0.3 is 0 Å². The summed E-state index contributed by atoms with van der Waals surface area (Å²) in [5, 5.41) is 0.317. The molecule has 3 aliphatic rings. The van der Waals surface area contributed by atoms with Crippen LogP contribution in [0.15, 0.2) is 15.8 Å². The average Bonchev–Trinajstić information content (AvgIpc) is 2.83. The monoisotopic (exact) mass is 252 g/mol. The maximum Gasteiger partial charge on any atom is 0.320 e. The summed E-state index contributed by atoms with van der Waals surface area (Å²) in [5.41, 5.74) is 0.486. The van der Waals surface area contributed by atoms with Crippen LogP contribution >= 0.6 is 21.6 Å². The van der Waals surface area contributed by atoms with Gasteiger partial charge in [0.1, 0.15) is 11.4 Å². The number of nitrogens with zero attached hydrogens (tertiary/aromatic N) is 2. The van der Waals surface area contributed by atoms with Crippen LogP contribution in [0.4, 0.5) is 0 Å². The van der Waals surface area contributed by atoms with Crippen molar-refractivity contribution in [2.75, 3.05) is 5.75 Å². The molecule has 0 aromatic rings. The minimum absolute atomic E-state index is 0.246. The second kappa shape index (κ2) is 3.85. The smallest absolute Gasteiger partial charge is 0.281 e. The van der Waals surface area contributed by atoms with Gasteiger partial charge in [-0.2, -0.15) is 0 Å². The van der Waals surface area contributed by atoms with Crippen LogP contribution in [0, 0.1) is 0 Å². The highest BCUT2D eigenvalue weighted by Gasteiger charge is 2.27. The lowest BCUT2D eigenvalue weighted by molar-refractivity contribution is 0.784. The van der Waals surface area contributed by atoms with E-state index in [1.807, 2.05) is 10.8 Å². The van der Waals surface area contributed by atoms with Crippen molar-refractivity contribution in [1.82, 2.24) is 9.97 Å². The van der Waals surface area contributed by atoms with Crippen LogP contribution in [0.25, 0.3) is 11.4 Å². The molecule has 0 spiro atoms. The van der Waals surface area contributed by atoms with Gasteiger partial charge in [0.2, 0.25) is 0 Å². The predicted molar refractivity (Wildman–Crippen MR) is 65.6 cm³/mol. The van der Waals surface area contributed by atoms with Crippen molar-refractivity contribution >= 4 is 21.6 Å². The average molecular weight is 252 g/mol. The van der Waals surface area contributed by atoms with Gasteiger partial charge in [0.05, 0.1) is 0 Å².